The van der Waals surface area contributed by atoms with Gasteiger partial charge in [-0.1, -0.05) is 0 Å². The molecule has 1 unspecified atom stereocenters. The van der Waals surface area contributed by atoms with E-state index < -0.39 is 5.60 Å². The molecule has 9 nitrogen and oxygen atoms in total. The van der Waals surface area contributed by atoms with Crippen molar-refractivity contribution in [1.82, 2.24) is 19.4 Å². The van der Waals surface area contributed by atoms with E-state index in [1.165, 1.54) is 12.8 Å². The Kier molecular flexibility index (Phi) is 5.91. The van der Waals surface area contributed by atoms with Crippen LogP contribution < -0.4 is 10.1 Å². The van der Waals surface area contributed by atoms with Crippen LogP contribution in [0.2, 0.25) is 0 Å². The molecule has 0 radical (unpaired) electrons. The lowest BCUT2D eigenvalue weighted by atomic mass is 9.89. The maximum Gasteiger partial charge on any atom is 0.212 e. The number of nitrogens with one attached hydrogen (secondary N) is 1. The second-order valence-corrected chi connectivity index (χ2v) is 9.63. The van der Waals surface area contributed by atoms with Gasteiger partial charge in [0, 0.05) is 61.8 Å². The molecule has 1 amide bonds. The van der Waals surface area contributed by atoms with Crippen LogP contribution in [0.4, 0.5) is 5.82 Å². The monoisotopic (exact) mass is 477 g/mol. The zero-order valence-electron chi connectivity index (χ0n) is 20.1. The van der Waals surface area contributed by atoms with Crippen molar-refractivity contribution in [3.8, 4) is 17.0 Å². The predicted octanol–water partition coefficient (Wildman–Crippen LogP) is 2.87. The first-order valence-electron chi connectivity index (χ1n) is 12.4. The summed E-state index contributed by atoms with van der Waals surface area (Å²) in [7, 11) is 1.99. The molecule has 0 aliphatic carbocycles. The van der Waals surface area contributed by atoms with Crippen molar-refractivity contribution in [3.63, 3.8) is 0 Å². The number of hydrogen-bond donors (Lipinski definition) is 1. The number of hydrogen-bond acceptors (Lipinski definition) is 7. The van der Waals surface area contributed by atoms with Crippen molar-refractivity contribution in [2.75, 3.05) is 51.4 Å². The average Bonchev–Trinajstić information content (AvgIpc) is 3.62. The molecule has 3 aromatic rings. The summed E-state index contributed by atoms with van der Waals surface area (Å²) in [4.78, 5) is 23.0. The minimum absolute atomic E-state index is 0.504. The molecule has 0 bridgehead atoms. The molecule has 3 aliphatic heterocycles. The molecule has 35 heavy (non-hydrogen) atoms. The molecule has 9 heteroatoms. The number of carbonyl (C=O) groups excluding carboxylic acids is 1. The van der Waals surface area contributed by atoms with Crippen molar-refractivity contribution < 1.29 is 19.0 Å². The van der Waals surface area contributed by atoms with Crippen LogP contribution in [0.3, 0.4) is 0 Å². The van der Waals surface area contributed by atoms with Crippen LogP contribution in [-0.4, -0.2) is 71.9 Å². The molecule has 184 valence electrons. The number of rotatable bonds is 7. The summed E-state index contributed by atoms with van der Waals surface area (Å²) in [5.74, 6) is 1.39. The van der Waals surface area contributed by atoms with Crippen LogP contribution in [0.5, 0.6) is 5.75 Å². The molecular formula is C26H31N5O4. The predicted molar refractivity (Wildman–Crippen MR) is 132 cm³/mol. The SMILES string of the molecule is Cn1cc(-c2cc(OCCN3CCCC3)c3c(n2)C2(CCOC2)OCC3)c2cc(NC=O)ncc21. The Balaban J connectivity index is 1.44. The van der Waals surface area contributed by atoms with E-state index in [1.807, 2.05) is 17.7 Å². The number of nitrogens with zero attached hydrogens (tertiary/aromatic N) is 4. The Hall–Kier alpha value is -3.01. The van der Waals surface area contributed by atoms with Gasteiger partial charge in [-0.3, -0.25) is 9.69 Å². The highest BCUT2D eigenvalue weighted by Gasteiger charge is 2.44. The average molecular weight is 478 g/mol. The Morgan fingerprint density at radius 2 is 2.14 bits per heavy atom. The highest BCUT2D eigenvalue weighted by atomic mass is 16.6. The topological polar surface area (TPSA) is 90.7 Å². The first-order chi connectivity index (χ1) is 17.2. The molecule has 6 heterocycles. The number of amides is 1. The quantitative estimate of drug-likeness (QED) is 0.523. The van der Waals surface area contributed by atoms with Crippen molar-refractivity contribution in [3.05, 3.63) is 35.8 Å². The number of aromatic nitrogens is 3. The van der Waals surface area contributed by atoms with E-state index in [0.29, 0.717) is 38.7 Å². The van der Waals surface area contributed by atoms with E-state index in [2.05, 4.69) is 27.5 Å². The minimum atomic E-state index is -0.521. The van der Waals surface area contributed by atoms with Gasteiger partial charge in [0.05, 0.1) is 36.3 Å². The zero-order valence-corrected chi connectivity index (χ0v) is 20.1. The normalized spacial score (nSPS) is 22.1. The molecule has 3 aliphatic rings. The fourth-order valence-electron chi connectivity index (χ4n) is 5.61. The number of anilines is 1. The first-order valence-corrected chi connectivity index (χ1v) is 12.4. The Labute approximate surface area is 204 Å². The smallest absolute Gasteiger partial charge is 0.212 e. The van der Waals surface area contributed by atoms with Gasteiger partial charge in [-0.2, -0.15) is 0 Å². The van der Waals surface area contributed by atoms with Gasteiger partial charge in [-0.25, -0.2) is 9.97 Å². The number of aryl methyl sites for hydroxylation is 1. The maximum atomic E-state index is 11.0. The molecule has 3 aromatic heterocycles. The highest BCUT2D eigenvalue weighted by Crippen LogP contribution is 2.44. The van der Waals surface area contributed by atoms with E-state index in [4.69, 9.17) is 19.2 Å². The Bertz CT molecular complexity index is 1240. The summed E-state index contributed by atoms with van der Waals surface area (Å²) < 4.78 is 20.6. The van der Waals surface area contributed by atoms with Gasteiger partial charge in [0.1, 0.15) is 23.8 Å². The summed E-state index contributed by atoms with van der Waals surface area (Å²) in [6.45, 7) is 5.69. The number of ether oxygens (including phenoxy) is 3. The van der Waals surface area contributed by atoms with Crippen LogP contribution in [-0.2, 0) is 33.3 Å². The van der Waals surface area contributed by atoms with Crippen LogP contribution in [0.1, 0.15) is 30.5 Å². The third kappa shape index (κ3) is 4.07. The summed E-state index contributed by atoms with van der Waals surface area (Å²) >= 11 is 0. The van der Waals surface area contributed by atoms with Gasteiger partial charge in [0.15, 0.2) is 0 Å². The summed E-state index contributed by atoms with van der Waals surface area (Å²) in [6, 6.07) is 3.96. The Morgan fingerprint density at radius 1 is 1.26 bits per heavy atom. The molecule has 0 saturated carbocycles. The van der Waals surface area contributed by atoms with Crippen LogP contribution in [0.15, 0.2) is 24.5 Å². The molecule has 1 spiro atoms. The van der Waals surface area contributed by atoms with Gasteiger partial charge < -0.3 is 24.1 Å². The minimum Gasteiger partial charge on any atom is -0.492 e. The third-order valence-electron chi connectivity index (χ3n) is 7.45. The lowest BCUT2D eigenvalue weighted by Crippen LogP contribution is -2.37. The lowest BCUT2D eigenvalue weighted by molar-refractivity contribution is -0.105. The third-order valence-corrected chi connectivity index (χ3v) is 7.45. The first kappa shape index (κ1) is 22.5. The fourth-order valence-corrected chi connectivity index (χ4v) is 5.61. The van der Waals surface area contributed by atoms with Gasteiger partial charge >= 0.3 is 0 Å². The van der Waals surface area contributed by atoms with Crippen molar-refractivity contribution >= 4 is 23.1 Å². The van der Waals surface area contributed by atoms with Gasteiger partial charge in [0.2, 0.25) is 6.41 Å². The number of pyridine rings is 2. The van der Waals surface area contributed by atoms with Gasteiger partial charge in [-0.05, 0) is 32.0 Å². The number of likely N-dealkylation sites (tertiary alicyclic amines) is 1. The van der Waals surface area contributed by atoms with E-state index >= 15 is 0 Å². The van der Waals surface area contributed by atoms with E-state index in [0.717, 1.165) is 71.6 Å². The lowest BCUT2D eigenvalue weighted by Gasteiger charge is -2.34. The fraction of sp³-hybridized carbons (Fsp3) is 0.500. The largest absolute Gasteiger partial charge is 0.492 e. The Morgan fingerprint density at radius 3 is 2.94 bits per heavy atom. The molecule has 2 saturated heterocycles. The van der Waals surface area contributed by atoms with Crippen molar-refractivity contribution in [2.45, 2.75) is 31.3 Å². The summed E-state index contributed by atoms with van der Waals surface area (Å²) in [6.07, 6.45) is 8.57. The van der Waals surface area contributed by atoms with E-state index in [9.17, 15) is 4.79 Å². The van der Waals surface area contributed by atoms with Crippen molar-refractivity contribution in [1.29, 1.82) is 0 Å². The maximum absolute atomic E-state index is 11.0. The van der Waals surface area contributed by atoms with Crippen LogP contribution in [0.25, 0.3) is 22.2 Å². The molecule has 2 fully saturated rings. The van der Waals surface area contributed by atoms with Crippen molar-refractivity contribution in [2.24, 2.45) is 7.05 Å². The summed E-state index contributed by atoms with van der Waals surface area (Å²) in [5.41, 5.74) is 4.30. The van der Waals surface area contributed by atoms with Crippen LogP contribution >= 0.6 is 0 Å². The second kappa shape index (κ2) is 9.22. The van der Waals surface area contributed by atoms with Crippen LogP contribution in [0, 0.1) is 0 Å². The molecule has 0 aromatic carbocycles. The number of carbonyl (C=O) groups is 1. The van der Waals surface area contributed by atoms with Gasteiger partial charge in [0.25, 0.3) is 0 Å². The highest BCUT2D eigenvalue weighted by molar-refractivity contribution is 5.97. The standard InChI is InChI=1S/C26H31N5O4/c1-30-15-20(19-12-24(28-17-32)27-14-22(19)30)21-13-23(34-11-8-31-6-2-3-7-31)18-4-9-35-26(25(18)29-21)5-10-33-16-26/h12-15,17H,2-11,16H2,1H3,(H,27,28,32). The molecular weight excluding hydrogens is 446 g/mol. The molecule has 6 rings (SSSR count). The zero-order chi connectivity index (χ0) is 23.8. The van der Waals surface area contributed by atoms with Gasteiger partial charge in [-0.15, -0.1) is 0 Å². The summed E-state index contributed by atoms with van der Waals surface area (Å²) in [5, 5.41) is 3.62. The molecule has 1 N–H and O–H groups in total. The second-order valence-electron chi connectivity index (χ2n) is 9.63. The number of fused-ring (bicyclic) bond motifs is 3. The molecule has 1 atom stereocenters. The van der Waals surface area contributed by atoms with E-state index in [-0.39, 0.29) is 0 Å². The van der Waals surface area contributed by atoms with E-state index in [1.54, 1.807) is 6.20 Å².